The molecule has 0 bridgehead atoms. The van der Waals surface area contributed by atoms with Crippen molar-refractivity contribution in [2.24, 2.45) is 5.10 Å². The quantitative estimate of drug-likeness (QED) is 0.536. The summed E-state index contributed by atoms with van der Waals surface area (Å²) in [6, 6.07) is 17.0. The predicted octanol–water partition coefficient (Wildman–Crippen LogP) is 3.10. The maximum absolute atomic E-state index is 11.9. The van der Waals surface area contributed by atoms with Gasteiger partial charge in [0.25, 0.3) is 5.91 Å². The molecule has 3 rings (SSSR count). The number of aromatic nitrogens is 1. The highest BCUT2D eigenvalue weighted by molar-refractivity contribution is 6.01. The van der Waals surface area contributed by atoms with Crippen LogP contribution < -0.4 is 14.9 Å². The van der Waals surface area contributed by atoms with Crippen LogP contribution in [0.15, 0.2) is 59.7 Å². The van der Waals surface area contributed by atoms with Crippen LogP contribution in [-0.4, -0.2) is 30.3 Å². The number of hydrogen-bond acceptors (Lipinski definition) is 4. The molecular weight excluding hydrogens is 318 g/mol. The van der Waals surface area contributed by atoms with E-state index in [-0.39, 0.29) is 12.5 Å². The Balaban J connectivity index is 1.57. The molecule has 1 aromatic heterocycles. The number of aromatic amines is 1. The minimum Gasteiger partial charge on any atom is -0.497 e. The van der Waals surface area contributed by atoms with Crippen molar-refractivity contribution in [2.45, 2.75) is 6.92 Å². The van der Waals surface area contributed by atoms with Crippen molar-refractivity contribution in [3.63, 3.8) is 0 Å². The number of nitrogens with one attached hydrogen (secondary N) is 2. The highest BCUT2D eigenvalue weighted by atomic mass is 16.5. The van der Waals surface area contributed by atoms with Gasteiger partial charge in [0.2, 0.25) is 0 Å². The fourth-order valence-electron chi connectivity index (χ4n) is 2.35. The molecule has 0 aliphatic heterocycles. The first kappa shape index (κ1) is 16.6. The van der Waals surface area contributed by atoms with E-state index >= 15 is 0 Å². The number of hydrazone groups is 1. The van der Waals surface area contributed by atoms with Crippen LogP contribution in [0.25, 0.3) is 10.9 Å². The fourth-order valence-corrected chi connectivity index (χ4v) is 2.35. The third kappa shape index (κ3) is 4.17. The van der Waals surface area contributed by atoms with Gasteiger partial charge >= 0.3 is 0 Å². The summed E-state index contributed by atoms with van der Waals surface area (Å²) in [5.74, 6) is 0.898. The molecule has 0 aliphatic carbocycles. The van der Waals surface area contributed by atoms with Crippen molar-refractivity contribution in [2.75, 3.05) is 13.7 Å². The topological polar surface area (TPSA) is 75.7 Å². The van der Waals surface area contributed by atoms with E-state index < -0.39 is 0 Å². The minimum atomic E-state index is -0.335. The summed E-state index contributed by atoms with van der Waals surface area (Å²) in [7, 11) is 1.58. The molecule has 0 saturated carbocycles. The molecular formula is C19H19N3O3. The van der Waals surface area contributed by atoms with E-state index in [4.69, 9.17) is 9.47 Å². The predicted molar refractivity (Wildman–Crippen MR) is 97.1 cm³/mol. The molecule has 128 valence electrons. The van der Waals surface area contributed by atoms with Crippen molar-refractivity contribution in [3.8, 4) is 11.5 Å². The van der Waals surface area contributed by atoms with Crippen molar-refractivity contribution >= 4 is 22.5 Å². The van der Waals surface area contributed by atoms with Gasteiger partial charge in [-0.3, -0.25) is 4.79 Å². The molecule has 1 heterocycles. The Bertz CT molecular complexity index is 882. The summed E-state index contributed by atoms with van der Waals surface area (Å²) >= 11 is 0. The lowest BCUT2D eigenvalue weighted by Crippen LogP contribution is -2.25. The largest absolute Gasteiger partial charge is 0.497 e. The number of benzene rings is 2. The van der Waals surface area contributed by atoms with E-state index in [2.05, 4.69) is 15.5 Å². The highest BCUT2D eigenvalue weighted by Crippen LogP contribution is 2.18. The molecule has 0 radical (unpaired) electrons. The lowest BCUT2D eigenvalue weighted by Gasteiger charge is -2.07. The zero-order chi connectivity index (χ0) is 17.6. The Morgan fingerprint density at radius 1 is 1.12 bits per heavy atom. The standard InChI is InChI=1S/C19H19N3O3/c1-13(18-10-14-6-3-4-9-17(14)20-18)21-22-19(23)12-25-16-8-5-7-15(11-16)24-2/h3-11,20H,12H2,1-2H3,(H,22,23)/b21-13-. The number of hydrogen-bond donors (Lipinski definition) is 2. The average molecular weight is 337 g/mol. The summed E-state index contributed by atoms with van der Waals surface area (Å²) in [4.78, 5) is 15.2. The number of rotatable bonds is 6. The summed E-state index contributed by atoms with van der Waals surface area (Å²) in [5.41, 5.74) is 5.07. The van der Waals surface area contributed by atoms with E-state index in [0.29, 0.717) is 17.2 Å². The smallest absolute Gasteiger partial charge is 0.277 e. The summed E-state index contributed by atoms with van der Waals surface area (Å²) in [5, 5.41) is 5.21. The number of methoxy groups -OCH3 is 1. The van der Waals surface area contributed by atoms with E-state index in [1.807, 2.05) is 37.3 Å². The van der Waals surface area contributed by atoms with Gasteiger partial charge in [-0.05, 0) is 31.2 Å². The van der Waals surface area contributed by atoms with Crippen molar-refractivity contribution in [3.05, 3.63) is 60.3 Å². The monoisotopic (exact) mass is 337 g/mol. The Hall–Kier alpha value is -3.28. The number of amides is 1. The number of H-pyrrole nitrogens is 1. The highest BCUT2D eigenvalue weighted by Gasteiger charge is 2.06. The van der Waals surface area contributed by atoms with Gasteiger partial charge in [0.15, 0.2) is 6.61 Å². The van der Waals surface area contributed by atoms with Gasteiger partial charge in [-0.1, -0.05) is 24.3 Å². The minimum absolute atomic E-state index is 0.128. The SMILES string of the molecule is COc1cccc(OCC(=O)N/N=C(/C)c2cc3ccccc3[nH]2)c1. The number of para-hydroxylation sites is 1. The van der Waals surface area contributed by atoms with Crippen LogP contribution in [0.4, 0.5) is 0 Å². The fraction of sp³-hybridized carbons (Fsp3) is 0.158. The van der Waals surface area contributed by atoms with Crippen LogP contribution >= 0.6 is 0 Å². The molecule has 1 amide bonds. The van der Waals surface area contributed by atoms with Crippen LogP contribution in [0.3, 0.4) is 0 Å². The first-order chi connectivity index (χ1) is 12.2. The van der Waals surface area contributed by atoms with Crippen molar-refractivity contribution in [1.82, 2.24) is 10.4 Å². The Labute approximate surface area is 145 Å². The summed E-state index contributed by atoms with van der Waals surface area (Å²) in [6.45, 7) is 1.70. The number of nitrogens with zero attached hydrogens (tertiary/aromatic N) is 1. The van der Waals surface area contributed by atoms with Crippen LogP contribution in [-0.2, 0) is 4.79 Å². The first-order valence-electron chi connectivity index (χ1n) is 7.84. The molecule has 6 nitrogen and oxygen atoms in total. The Morgan fingerprint density at radius 2 is 1.92 bits per heavy atom. The van der Waals surface area contributed by atoms with Crippen LogP contribution in [0, 0.1) is 0 Å². The summed E-state index contributed by atoms with van der Waals surface area (Å²) < 4.78 is 10.5. The second-order valence-electron chi connectivity index (χ2n) is 5.47. The van der Waals surface area contributed by atoms with Gasteiger partial charge in [-0.25, -0.2) is 5.43 Å². The molecule has 0 saturated heterocycles. The van der Waals surface area contributed by atoms with Crippen molar-refractivity contribution in [1.29, 1.82) is 0 Å². The number of ether oxygens (including phenoxy) is 2. The normalized spacial score (nSPS) is 11.4. The van der Waals surface area contributed by atoms with E-state index in [0.717, 1.165) is 16.6 Å². The molecule has 6 heteroatoms. The molecule has 0 fully saturated rings. The molecule has 0 aliphatic rings. The Kier molecular flexibility index (Phi) is 4.99. The lowest BCUT2D eigenvalue weighted by molar-refractivity contribution is -0.123. The van der Waals surface area contributed by atoms with E-state index in [1.165, 1.54) is 0 Å². The van der Waals surface area contributed by atoms with Crippen LogP contribution in [0.1, 0.15) is 12.6 Å². The molecule has 2 aromatic carbocycles. The van der Waals surface area contributed by atoms with Crippen LogP contribution in [0.2, 0.25) is 0 Å². The van der Waals surface area contributed by atoms with E-state index in [1.54, 1.807) is 31.4 Å². The van der Waals surface area contributed by atoms with Gasteiger partial charge in [0, 0.05) is 17.0 Å². The second-order valence-corrected chi connectivity index (χ2v) is 5.47. The number of fused-ring (bicyclic) bond motifs is 1. The van der Waals surface area contributed by atoms with Gasteiger partial charge in [0.05, 0.1) is 18.5 Å². The number of carbonyl (C=O) groups excluding carboxylic acids is 1. The lowest BCUT2D eigenvalue weighted by atomic mass is 10.2. The molecule has 0 spiro atoms. The zero-order valence-electron chi connectivity index (χ0n) is 14.1. The second kappa shape index (κ2) is 7.53. The van der Waals surface area contributed by atoms with Crippen LogP contribution in [0.5, 0.6) is 11.5 Å². The first-order valence-corrected chi connectivity index (χ1v) is 7.84. The van der Waals surface area contributed by atoms with Crippen molar-refractivity contribution < 1.29 is 14.3 Å². The van der Waals surface area contributed by atoms with Gasteiger partial charge in [-0.15, -0.1) is 0 Å². The summed E-state index contributed by atoms with van der Waals surface area (Å²) in [6.07, 6.45) is 0. The Morgan fingerprint density at radius 3 is 2.72 bits per heavy atom. The van der Waals surface area contributed by atoms with Gasteiger partial charge in [0.1, 0.15) is 11.5 Å². The zero-order valence-corrected chi connectivity index (χ0v) is 14.1. The average Bonchev–Trinajstić information content (AvgIpc) is 3.09. The van der Waals surface area contributed by atoms with Gasteiger partial charge in [-0.2, -0.15) is 5.10 Å². The van der Waals surface area contributed by atoms with E-state index in [9.17, 15) is 4.79 Å². The molecule has 0 unspecified atom stereocenters. The molecule has 3 aromatic rings. The number of carbonyl (C=O) groups is 1. The molecule has 0 atom stereocenters. The third-order valence-electron chi connectivity index (χ3n) is 3.68. The maximum Gasteiger partial charge on any atom is 0.277 e. The maximum atomic E-state index is 11.9. The molecule has 2 N–H and O–H groups in total. The van der Waals surface area contributed by atoms with Gasteiger partial charge < -0.3 is 14.5 Å². The molecule has 25 heavy (non-hydrogen) atoms. The third-order valence-corrected chi connectivity index (χ3v) is 3.68.